The molecular formula is C16H21ClN2O3. The van der Waals surface area contributed by atoms with E-state index in [0.29, 0.717) is 29.6 Å². The third-order valence-electron chi connectivity index (χ3n) is 4.39. The fourth-order valence-electron chi connectivity index (χ4n) is 3.08. The zero-order chi connectivity index (χ0) is 15.5. The van der Waals surface area contributed by atoms with Crippen molar-refractivity contribution >= 4 is 17.5 Å². The molecule has 2 saturated heterocycles. The molecule has 120 valence electrons. The van der Waals surface area contributed by atoms with E-state index in [1.54, 1.807) is 17.0 Å². The SMILES string of the molecule is O=C(c1ccc(Cl)cc1O)N1CCN(C[C@H]2CCOC2)CC1. The summed E-state index contributed by atoms with van der Waals surface area (Å²) in [5, 5.41) is 10.3. The van der Waals surface area contributed by atoms with Crippen molar-refractivity contribution in [1.29, 1.82) is 0 Å². The van der Waals surface area contributed by atoms with E-state index >= 15 is 0 Å². The highest BCUT2D eigenvalue weighted by molar-refractivity contribution is 6.30. The number of aromatic hydroxyl groups is 1. The molecular weight excluding hydrogens is 304 g/mol. The Hall–Kier alpha value is -1.30. The first-order valence-corrected chi connectivity index (χ1v) is 8.09. The highest BCUT2D eigenvalue weighted by Gasteiger charge is 2.26. The molecule has 1 amide bonds. The molecule has 0 aromatic heterocycles. The molecule has 2 heterocycles. The van der Waals surface area contributed by atoms with Gasteiger partial charge in [0.15, 0.2) is 0 Å². The number of amides is 1. The zero-order valence-corrected chi connectivity index (χ0v) is 13.3. The number of carbonyl (C=O) groups is 1. The van der Waals surface area contributed by atoms with Crippen LogP contribution in [0.1, 0.15) is 16.8 Å². The van der Waals surface area contributed by atoms with Gasteiger partial charge >= 0.3 is 0 Å². The van der Waals surface area contributed by atoms with Crippen LogP contribution in [-0.2, 0) is 4.74 Å². The topological polar surface area (TPSA) is 53.0 Å². The summed E-state index contributed by atoms with van der Waals surface area (Å²) in [7, 11) is 0. The van der Waals surface area contributed by atoms with Crippen molar-refractivity contribution in [2.45, 2.75) is 6.42 Å². The standard InChI is InChI=1S/C16H21ClN2O3/c17-13-1-2-14(15(20)9-13)16(21)19-6-4-18(5-7-19)10-12-3-8-22-11-12/h1-2,9,12,20H,3-8,10-11H2/t12-/m1/s1. The molecule has 0 bridgehead atoms. The monoisotopic (exact) mass is 324 g/mol. The Bertz CT molecular complexity index is 538. The quantitative estimate of drug-likeness (QED) is 0.922. The number of phenolic OH excluding ortho intramolecular Hbond substituents is 1. The predicted octanol–water partition coefficient (Wildman–Crippen LogP) is 1.84. The van der Waals surface area contributed by atoms with Gasteiger partial charge in [0.25, 0.3) is 5.91 Å². The number of carbonyl (C=O) groups excluding carboxylic acids is 1. The first-order chi connectivity index (χ1) is 10.6. The van der Waals surface area contributed by atoms with Gasteiger partial charge in [-0.05, 0) is 30.5 Å². The van der Waals surface area contributed by atoms with Crippen LogP contribution in [-0.4, -0.2) is 66.8 Å². The summed E-state index contributed by atoms with van der Waals surface area (Å²) >= 11 is 5.81. The molecule has 2 aliphatic rings. The van der Waals surface area contributed by atoms with Gasteiger partial charge in [0.05, 0.1) is 12.2 Å². The summed E-state index contributed by atoms with van der Waals surface area (Å²) in [5.74, 6) is 0.448. The minimum absolute atomic E-state index is 0.0527. The number of nitrogens with zero attached hydrogens (tertiary/aromatic N) is 2. The minimum atomic E-state index is -0.127. The second-order valence-electron chi connectivity index (χ2n) is 5.98. The summed E-state index contributed by atoms with van der Waals surface area (Å²) < 4.78 is 5.41. The molecule has 1 N–H and O–H groups in total. The van der Waals surface area contributed by atoms with Gasteiger partial charge in [-0.2, -0.15) is 0 Å². The molecule has 0 spiro atoms. The van der Waals surface area contributed by atoms with Gasteiger partial charge in [-0.1, -0.05) is 11.6 Å². The number of rotatable bonds is 3. The number of hydrogen-bond donors (Lipinski definition) is 1. The molecule has 6 heteroatoms. The van der Waals surface area contributed by atoms with Gasteiger partial charge in [0.1, 0.15) is 5.75 Å². The van der Waals surface area contributed by atoms with Crippen molar-refractivity contribution in [2.75, 3.05) is 45.9 Å². The molecule has 0 aliphatic carbocycles. The maximum Gasteiger partial charge on any atom is 0.257 e. The van der Waals surface area contributed by atoms with Crippen molar-refractivity contribution in [2.24, 2.45) is 5.92 Å². The Kier molecular flexibility index (Phi) is 4.86. The normalized spacial score (nSPS) is 23.0. The van der Waals surface area contributed by atoms with Crippen LogP contribution in [0.25, 0.3) is 0 Å². The molecule has 2 aliphatic heterocycles. The van der Waals surface area contributed by atoms with Gasteiger partial charge in [-0.25, -0.2) is 0 Å². The molecule has 2 fully saturated rings. The Labute approximate surface area is 135 Å². The largest absolute Gasteiger partial charge is 0.507 e. The maximum absolute atomic E-state index is 12.5. The molecule has 3 rings (SSSR count). The van der Waals surface area contributed by atoms with Crippen molar-refractivity contribution in [3.8, 4) is 5.75 Å². The molecule has 0 unspecified atom stereocenters. The summed E-state index contributed by atoms with van der Waals surface area (Å²) in [6.07, 6.45) is 1.14. The molecule has 5 nitrogen and oxygen atoms in total. The van der Waals surface area contributed by atoms with Gasteiger partial charge in [-0.3, -0.25) is 9.69 Å². The number of phenols is 1. The van der Waals surface area contributed by atoms with Crippen molar-refractivity contribution in [1.82, 2.24) is 9.80 Å². The lowest BCUT2D eigenvalue weighted by Crippen LogP contribution is -2.49. The van der Waals surface area contributed by atoms with E-state index < -0.39 is 0 Å². The third-order valence-corrected chi connectivity index (χ3v) is 4.63. The molecule has 0 radical (unpaired) electrons. The van der Waals surface area contributed by atoms with E-state index in [1.165, 1.54) is 6.07 Å². The highest BCUT2D eigenvalue weighted by atomic mass is 35.5. The molecule has 0 saturated carbocycles. The average Bonchev–Trinajstić information content (AvgIpc) is 3.00. The van der Waals surface area contributed by atoms with Crippen LogP contribution in [0.2, 0.25) is 5.02 Å². The fourth-order valence-corrected chi connectivity index (χ4v) is 3.25. The molecule has 1 atom stereocenters. The minimum Gasteiger partial charge on any atom is -0.507 e. The average molecular weight is 325 g/mol. The number of ether oxygens (including phenoxy) is 1. The lowest BCUT2D eigenvalue weighted by atomic mass is 10.1. The van der Waals surface area contributed by atoms with E-state index in [9.17, 15) is 9.90 Å². The van der Waals surface area contributed by atoms with Crippen LogP contribution in [0.4, 0.5) is 0 Å². The summed E-state index contributed by atoms with van der Waals surface area (Å²) in [4.78, 5) is 16.7. The van der Waals surface area contributed by atoms with E-state index in [1.807, 2.05) is 0 Å². The van der Waals surface area contributed by atoms with E-state index in [4.69, 9.17) is 16.3 Å². The van der Waals surface area contributed by atoms with Crippen LogP contribution in [0.3, 0.4) is 0 Å². The summed E-state index contributed by atoms with van der Waals surface area (Å²) in [6.45, 7) is 5.90. The lowest BCUT2D eigenvalue weighted by Gasteiger charge is -2.35. The van der Waals surface area contributed by atoms with Crippen LogP contribution >= 0.6 is 11.6 Å². The Morgan fingerprint density at radius 3 is 2.73 bits per heavy atom. The van der Waals surface area contributed by atoms with Crippen LogP contribution in [0, 0.1) is 5.92 Å². The Balaban J connectivity index is 1.55. The van der Waals surface area contributed by atoms with Gasteiger partial charge < -0.3 is 14.7 Å². The van der Waals surface area contributed by atoms with E-state index in [-0.39, 0.29) is 11.7 Å². The fraction of sp³-hybridized carbons (Fsp3) is 0.562. The van der Waals surface area contributed by atoms with Crippen molar-refractivity contribution < 1.29 is 14.6 Å². The summed E-state index contributed by atoms with van der Waals surface area (Å²) in [5.41, 5.74) is 0.321. The number of piperazine rings is 1. The molecule has 1 aromatic carbocycles. The second kappa shape index (κ2) is 6.86. The van der Waals surface area contributed by atoms with E-state index in [2.05, 4.69) is 4.90 Å². The smallest absolute Gasteiger partial charge is 0.257 e. The van der Waals surface area contributed by atoms with E-state index in [0.717, 1.165) is 39.3 Å². The predicted molar refractivity (Wildman–Crippen MR) is 84.4 cm³/mol. The maximum atomic E-state index is 12.5. The Morgan fingerprint density at radius 2 is 2.09 bits per heavy atom. The van der Waals surface area contributed by atoms with Crippen LogP contribution in [0.15, 0.2) is 18.2 Å². The van der Waals surface area contributed by atoms with Gasteiger partial charge in [0.2, 0.25) is 0 Å². The van der Waals surface area contributed by atoms with Crippen LogP contribution < -0.4 is 0 Å². The van der Waals surface area contributed by atoms with Crippen molar-refractivity contribution in [3.63, 3.8) is 0 Å². The lowest BCUT2D eigenvalue weighted by molar-refractivity contribution is 0.0608. The first-order valence-electron chi connectivity index (χ1n) is 7.71. The molecule has 22 heavy (non-hydrogen) atoms. The number of benzene rings is 1. The van der Waals surface area contributed by atoms with Crippen molar-refractivity contribution in [3.05, 3.63) is 28.8 Å². The molecule has 1 aromatic rings. The first kappa shape index (κ1) is 15.6. The third kappa shape index (κ3) is 3.54. The van der Waals surface area contributed by atoms with Crippen LogP contribution in [0.5, 0.6) is 5.75 Å². The summed E-state index contributed by atoms with van der Waals surface area (Å²) in [6, 6.07) is 4.62. The second-order valence-corrected chi connectivity index (χ2v) is 6.42. The van der Waals surface area contributed by atoms with Gasteiger partial charge in [0, 0.05) is 44.4 Å². The number of halogens is 1. The highest BCUT2D eigenvalue weighted by Crippen LogP contribution is 2.24. The number of hydrogen-bond acceptors (Lipinski definition) is 4. The zero-order valence-electron chi connectivity index (χ0n) is 12.5. The Morgan fingerprint density at radius 1 is 1.32 bits per heavy atom. The van der Waals surface area contributed by atoms with Gasteiger partial charge in [-0.15, -0.1) is 0 Å².